The van der Waals surface area contributed by atoms with Gasteiger partial charge in [-0.25, -0.2) is 15.0 Å². The molecule has 0 saturated carbocycles. The van der Waals surface area contributed by atoms with Gasteiger partial charge in [0.25, 0.3) is 0 Å². The lowest BCUT2D eigenvalue weighted by atomic mass is 10.3. The van der Waals surface area contributed by atoms with Gasteiger partial charge in [-0.2, -0.15) is 0 Å². The molecule has 0 aliphatic rings. The summed E-state index contributed by atoms with van der Waals surface area (Å²) in [6, 6.07) is 5.91. The molecule has 0 atom stereocenters. The van der Waals surface area contributed by atoms with Gasteiger partial charge < -0.3 is 5.32 Å². The quantitative estimate of drug-likeness (QED) is 0.821. The summed E-state index contributed by atoms with van der Waals surface area (Å²) in [7, 11) is 0. The number of rotatable bonds is 6. The van der Waals surface area contributed by atoms with Crippen molar-refractivity contribution < 1.29 is 0 Å². The van der Waals surface area contributed by atoms with Gasteiger partial charge in [0.2, 0.25) is 0 Å². The second-order valence-electron chi connectivity index (χ2n) is 4.47. The van der Waals surface area contributed by atoms with Crippen molar-refractivity contribution in [2.45, 2.75) is 43.7 Å². The highest BCUT2D eigenvalue weighted by Gasteiger charge is 2.11. The van der Waals surface area contributed by atoms with Gasteiger partial charge >= 0.3 is 0 Å². The van der Waals surface area contributed by atoms with Crippen molar-refractivity contribution in [3.05, 3.63) is 35.8 Å². The van der Waals surface area contributed by atoms with Crippen LogP contribution in [-0.2, 0) is 6.42 Å². The molecule has 20 heavy (non-hydrogen) atoms. The summed E-state index contributed by atoms with van der Waals surface area (Å²) >= 11 is 1.59. The smallest absolute Gasteiger partial charge is 0.133 e. The lowest BCUT2D eigenvalue weighted by Gasteiger charge is -2.12. The minimum Gasteiger partial charge on any atom is -0.370 e. The van der Waals surface area contributed by atoms with Gasteiger partial charge in [0, 0.05) is 24.7 Å². The zero-order valence-electron chi connectivity index (χ0n) is 12.2. The molecule has 2 aromatic heterocycles. The van der Waals surface area contributed by atoms with Crippen LogP contribution in [0.15, 0.2) is 34.4 Å². The molecule has 106 valence electrons. The summed E-state index contributed by atoms with van der Waals surface area (Å²) in [6.45, 7) is 7.20. The van der Waals surface area contributed by atoms with Crippen LogP contribution in [-0.4, -0.2) is 21.5 Å². The fourth-order valence-electron chi connectivity index (χ4n) is 1.72. The third kappa shape index (κ3) is 3.70. The summed E-state index contributed by atoms with van der Waals surface area (Å²) in [5.74, 6) is 1.81. The lowest BCUT2D eigenvalue weighted by molar-refractivity contribution is 0.860. The number of nitrogens with one attached hydrogen (secondary N) is 1. The molecule has 0 aliphatic heterocycles. The maximum absolute atomic E-state index is 4.63. The highest BCUT2D eigenvalue weighted by molar-refractivity contribution is 7.99. The topological polar surface area (TPSA) is 50.7 Å². The van der Waals surface area contributed by atoms with Crippen molar-refractivity contribution in [2.24, 2.45) is 0 Å². The van der Waals surface area contributed by atoms with Crippen molar-refractivity contribution in [3.8, 4) is 0 Å². The molecule has 1 N–H and O–H groups in total. The van der Waals surface area contributed by atoms with Crippen molar-refractivity contribution in [3.63, 3.8) is 0 Å². The molecule has 2 rings (SSSR count). The highest BCUT2D eigenvalue weighted by atomic mass is 32.2. The minimum atomic E-state index is 0.830. The first kappa shape index (κ1) is 14.8. The number of anilines is 1. The third-order valence-corrected chi connectivity index (χ3v) is 3.89. The van der Waals surface area contributed by atoms with E-state index in [0.29, 0.717) is 0 Å². The highest BCUT2D eigenvalue weighted by Crippen LogP contribution is 2.30. The summed E-state index contributed by atoms with van der Waals surface area (Å²) in [5, 5.41) is 5.32. The average Bonchev–Trinajstić information content (AvgIpc) is 2.49. The largest absolute Gasteiger partial charge is 0.370 e. The first-order chi connectivity index (χ1) is 9.74. The Bertz CT molecular complexity index is 557. The van der Waals surface area contributed by atoms with E-state index in [1.807, 2.05) is 18.2 Å². The lowest BCUT2D eigenvalue weighted by Crippen LogP contribution is -2.08. The molecule has 0 aliphatic carbocycles. The van der Waals surface area contributed by atoms with Gasteiger partial charge in [0.05, 0.1) is 0 Å². The van der Waals surface area contributed by atoms with Crippen LogP contribution in [0.4, 0.5) is 5.82 Å². The van der Waals surface area contributed by atoms with Gasteiger partial charge in [0.15, 0.2) is 0 Å². The Hall–Kier alpha value is -1.62. The molecule has 0 aromatic carbocycles. The number of nitrogens with zero attached hydrogens (tertiary/aromatic N) is 3. The van der Waals surface area contributed by atoms with E-state index in [1.54, 1.807) is 18.0 Å². The van der Waals surface area contributed by atoms with Gasteiger partial charge in [-0.05, 0) is 37.2 Å². The van der Waals surface area contributed by atoms with Crippen LogP contribution in [0.1, 0.15) is 31.7 Å². The van der Waals surface area contributed by atoms with E-state index < -0.39 is 0 Å². The second-order valence-corrected chi connectivity index (χ2v) is 5.48. The Morgan fingerprint density at radius 3 is 2.70 bits per heavy atom. The number of aromatic nitrogens is 3. The summed E-state index contributed by atoms with van der Waals surface area (Å²) in [4.78, 5) is 13.5. The molecule has 0 amide bonds. The van der Waals surface area contributed by atoms with E-state index in [9.17, 15) is 0 Å². The molecule has 0 bridgehead atoms. The normalized spacial score (nSPS) is 10.6. The Labute approximate surface area is 124 Å². The fourth-order valence-corrected chi connectivity index (χ4v) is 2.58. The van der Waals surface area contributed by atoms with Crippen molar-refractivity contribution in [2.75, 3.05) is 11.9 Å². The van der Waals surface area contributed by atoms with Crippen LogP contribution in [0.5, 0.6) is 0 Å². The Morgan fingerprint density at radius 1 is 1.20 bits per heavy atom. The SMILES string of the molecule is CCCNc1nc(CC)nc(Sc2ccccn2)c1C. The molecule has 0 radical (unpaired) electrons. The van der Waals surface area contributed by atoms with Crippen LogP contribution >= 0.6 is 11.8 Å². The van der Waals surface area contributed by atoms with Gasteiger partial charge in [-0.1, -0.05) is 19.9 Å². The molecule has 2 aromatic rings. The maximum Gasteiger partial charge on any atom is 0.133 e. The van der Waals surface area contributed by atoms with Crippen LogP contribution < -0.4 is 5.32 Å². The van der Waals surface area contributed by atoms with Gasteiger partial charge in [-0.3, -0.25) is 0 Å². The Morgan fingerprint density at radius 2 is 2.05 bits per heavy atom. The molecule has 5 heteroatoms. The fraction of sp³-hybridized carbons (Fsp3) is 0.400. The van der Waals surface area contributed by atoms with E-state index in [1.165, 1.54) is 0 Å². The minimum absolute atomic E-state index is 0.830. The van der Waals surface area contributed by atoms with Gasteiger partial charge in [-0.15, -0.1) is 0 Å². The van der Waals surface area contributed by atoms with E-state index in [2.05, 4.69) is 41.0 Å². The van der Waals surface area contributed by atoms with E-state index in [-0.39, 0.29) is 0 Å². The average molecular weight is 288 g/mol. The number of hydrogen-bond donors (Lipinski definition) is 1. The summed E-state index contributed by atoms with van der Waals surface area (Å²) in [6.07, 6.45) is 3.71. The third-order valence-electron chi connectivity index (χ3n) is 2.85. The van der Waals surface area contributed by atoms with Crippen molar-refractivity contribution in [1.82, 2.24) is 15.0 Å². The van der Waals surface area contributed by atoms with Crippen LogP contribution in [0.3, 0.4) is 0 Å². The predicted octanol–water partition coefficient (Wildman–Crippen LogP) is 3.72. The summed E-state index contributed by atoms with van der Waals surface area (Å²) < 4.78 is 0. The maximum atomic E-state index is 4.63. The van der Waals surface area contributed by atoms with E-state index >= 15 is 0 Å². The zero-order valence-corrected chi connectivity index (χ0v) is 13.0. The van der Waals surface area contributed by atoms with Crippen LogP contribution in [0.2, 0.25) is 0 Å². The van der Waals surface area contributed by atoms with E-state index in [4.69, 9.17) is 0 Å². The standard InChI is InChI=1S/C15H20N4S/c1-4-9-17-14-11(3)15(19-12(5-2)18-14)20-13-8-6-7-10-16-13/h6-8,10H,4-5,9H2,1-3H3,(H,17,18,19). The molecule has 0 saturated heterocycles. The second kappa shape index (κ2) is 7.24. The van der Waals surface area contributed by atoms with Crippen LogP contribution in [0.25, 0.3) is 0 Å². The van der Waals surface area contributed by atoms with Crippen LogP contribution in [0, 0.1) is 6.92 Å². The first-order valence-corrected chi connectivity index (χ1v) is 7.76. The number of aryl methyl sites for hydroxylation is 1. The van der Waals surface area contributed by atoms with Gasteiger partial charge in [0.1, 0.15) is 21.7 Å². The Kier molecular flexibility index (Phi) is 5.35. The first-order valence-electron chi connectivity index (χ1n) is 6.94. The Balaban J connectivity index is 2.31. The molecule has 0 unspecified atom stereocenters. The number of pyridine rings is 1. The molecule has 0 spiro atoms. The molecular weight excluding hydrogens is 268 g/mol. The zero-order chi connectivity index (χ0) is 14.4. The van der Waals surface area contributed by atoms with Crippen molar-refractivity contribution in [1.29, 1.82) is 0 Å². The molecule has 4 nitrogen and oxygen atoms in total. The molecule has 0 fully saturated rings. The molecular formula is C15H20N4S. The van der Waals surface area contributed by atoms with E-state index in [0.717, 1.165) is 46.6 Å². The monoisotopic (exact) mass is 288 g/mol. The number of hydrogen-bond acceptors (Lipinski definition) is 5. The predicted molar refractivity (Wildman–Crippen MR) is 83.3 cm³/mol. The summed E-state index contributed by atoms with van der Waals surface area (Å²) in [5.41, 5.74) is 1.09. The molecule has 2 heterocycles. The van der Waals surface area contributed by atoms with Crippen molar-refractivity contribution >= 4 is 17.6 Å².